The maximum Gasteiger partial charge on any atom is 0.229 e. The third kappa shape index (κ3) is 2.17. The van der Waals surface area contributed by atoms with E-state index in [9.17, 15) is 0 Å². The van der Waals surface area contributed by atoms with E-state index in [-0.39, 0.29) is 0 Å². The maximum absolute atomic E-state index is 4.95. The molecule has 6 heteroatoms. The van der Waals surface area contributed by atoms with Crippen LogP contribution in [0.4, 0.5) is 5.95 Å². The predicted octanol–water partition coefficient (Wildman–Crippen LogP) is 4.00. The maximum atomic E-state index is 4.95. The van der Waals surface area contributed by atoms with Crippen molar-refractivity contribution in [2.75, 3.05) is 18.0 Å². The van der Waals surface area contributed by atoms with Crippen molar-refractivity contribution in [3.8, 4) is 10.4 Å². The molecule has 3 aromatic heterocycles. The molecule has 24 heavy (non-hydrogen) atoms. The van der Waals surface area contributed by atoms with Crippen LogP contribution in [-0.4, -0.2) is 32.7 Å². The molecule has 5 nitrogen and oxygen atoms in total. The van der Waals surface area contributed by atoms with Gasteiger partial charge in [-0.25, -0.2) is 9.97 Å². The third-order valence-corrected chi connectivity index (χ3v) is 5.67. The van der Waals surface area contributed by atoms with E-state index in [0.29, 0.717) is 0 Å². The first-order valence-corrected chi connectivity index (χ1v) is 9.15. The standard InChI is InChI=1S/C18H17N5S/c1-3-7-13(8-4-1)15-11-14-16-19-12-20-23(16)18(21-17(14)24-15)22-9-5-2-6-10-22/h1,3-4,7-8,11-12H,2,5-6,9-10H2. The average Bonchev–Trinajstić information content (AvgIpc) is 3.29. The van der Waals surface area contributed by atoms with Gasteiger partial charge in [0.1, 0.15) is 11.2 Å². The topological polar surface area (TPSA) is 46.3 Å². The Balaban J connectivity index is 1.72. The number of aromatic nitrogens is 4. The lowest BCUT2D eigenvalue weighted by Gasteiger charge is -2.27. The number of fused-ring (bicyclic) bond motifs is 3. The van der Waals surface area contributed by atoms with E-state index < -0.39 is 0 Å². The van der Waals surface area contributed by atoms with Gasteiger partial charge < -0.3 is 4.90 Å². The molecule has 0 radical (unpaired) electrons. The Bertz CT molecular complexity index is 998. The number of benzene rings is 1. The Kier molecular flexibility index (Phi) is 3.23. The molecule has 0 saturated carbocycles. The van der Waals surface area contributed by atoms with Crippen LogP contribution < -0.4 is 4.90 Å². The number of hydrogen-bond acceptors (Lipinski definition) is 5. The highest BCUT2D eigenvalue weighted by Crippen LogP contribution is 2.35. The molecule has 0 unspecified atom stereocenters. The number of rotatable bonds is 2. The summed E-state index contributed by atoms with van der Waals surface area (Å²) < 4.78 is 1.90. The van der Waals surface area contributed by atoms with Crippen LogP contribution in [0.15, 0.2) is 42.7 Å². The van der Waals surface area contributed by atoms with Crippen molar-refractivity contribution >= 4 is 33.1 Å². The summed E-state index contributed by atoms with van der Waals surface area (Å²) in [6.07, 6.45) is 5.37. The quantitative estimate of drug-likeness (QED) is 0.555. The molecule has 0 amide bonds. The fourth-order valence-corrected chi connectivity index (χ4v) is 4.40. The molecular formula is C18H17N5S. The molecular weight excluding hydrogens is 318 g/mol. The van der Waals surface area contributed by atoms with Crippen molar-refractivity contribution in [3.05, 3.63) is 42.7 Å². The second-order valence-corrected chi connectivity index (χ2v) is 7.18. The van der Waals surface area contributed by atoms with E-state index in [1.807, 2.05) is 10.6 Å². The van der Waals surface area contributed by atoms with Gasteiger partial charge in [-0.05, 0) is 30.9 Å². The highest BCUT2D eigenvalue weighted by molar-refractivity contribution is 7.22. The minimum absolute atomic E-state index is 0.902. The van der Waals surface area contributed by atoms with E-state index in [2.05, 4.69) is 45.3 Å². The van der Waals surface area contributed by atoms with Gasteiger partial charge in [0, 0.05) is 18.0 Å². The molecule has 1 aromatic carbocycles. The lowest BCUT2D eigenvalue weighted by Crippen LogP contribution is -2.32. The number of thiophene rings is 1. The Labute approximate surface area is 143 Å². The second-order valence-electron chi connectivity index (χ2n) is 6.15. The smallest absolute Gasteiger partial charge is 0.229 e. The Morgan fingerprint density at radius 1 is 1.00 bits per heavy atom. The molecule has 4 aromatic rings. The fourth-order valence-electron chi connectivity index (χ4n) is 3.38. The van der Waals surface area contributed by atoms with Crippen LogP contribution in [0.5, 0.6) is 0 Å². The number of piperidine rings is 1. The average molecular weight is 335 g/mol. The molecule has 5 rings (SSSR count). The first-order chi connectivity index (χ1) is 11.9. The zero-order chi connectivity index (χ0) is 15.9. The van der Waals surface area contributed by atoms with Crippen LogP contribution in [0.2, 0.25) is 0 Å². The number of hydrogen-bond donors (Lipinski definition) is 0. The highest BCUT2D eigenvalue weighted by Gasteiger charge is 2.20. The molecule has 1 aliphatic heterocycles. The molecule has 4 heterocycles. The van der Waals surface area contributed by atoms with E-state index in [0.717, 1.165) is 34.9 Å². The largest absolute Gasteiger partial charge is 0.341 e. The van der Waals surface area contributed by atoms with Crippen LogP contribution in [0.25, 0.3) is 26.3 Å². The van der Waals surface area contributed by atoms with Gasteiger partial charge in [-0.15, -0.1) is 11.3 Å². The fraction of sp³-hybridized carbons (Fsp3) is 0.278. The number of anilines is 1. The molecule has 0 aliphatic carbocycles. The zero-order valence-electron chi connectivity index (χ0n) is 13.2. The van der Waals surface area contributed by atoms with Gasteiger partial charge in [-0.3, -0.25) is 0 Å². The van der Waals surface area contributed by atoms with Gasteiger partial charge in [-0.1, -0.05) is 30.3 Å². The molecule has 0 spiro atoms. The summed E-state index contributed by atoms with van der Waals surface area (Å²) in [7, 11) is 0. The first-order valence-electron chi connectivity index (χ1n) is 8.34. The summed E-state index contributed by atoms with van der Waals surface area (Å²) in [5.74, 6) is 0.927. The van der Waals surface area contributed by atoms with E-state index in [4.69, 9.17) is 4.98 Å². The van der Waals surface area contributed by atoms with Crippen LogP contribution in [-0.2, 0) is 0 Å². The summed E-state index contributed by atoms with van der Waals surface area (Å²) in [6, 6.07) is 12.6. The molecule has 120 valence electrons. The van der Waals surface area contributed by atoms with Crippen molar-refractivity contribution in [2.24, 2.45) is 0 Å². The monoisotopic (exact) mass is 335 g/mol. The summed E-state index contributed by atoms with van der Waals surface area (Å²) >= 11 is 1.73. The van der Waals surface area contributed by atoms with Crippen LogP contribution in [0, 0.1) is 0 Å². The molecule has 1 fully saturated rings. The van der Waals surface area contributed by atoms with Gasteiger partial charge >= 0.3 is 0 Å². The van der Waals surface area contributed by atoms with Crippen molar-refractivity contribution < 1.29 is 0 Å². The summed E-state index contributed by atoms with van der Waals surface area (Å²) in [5.41, 5.74) is 2.12. The van der Waals surface area contributed by atoms with Crippen molar-refractivity contribution in [1.82, 2.24) is 19.6 Å². The molecule has 0 atom stereocenters. The molecule has 1 aliphatic rings. The number of nitrogens with zero attached hydrogens (tertiary/aromatic N) is 5. The van der Waals surface area contributed by atoms with Crippen LogP contribution >= 0.6 is 11.3 Å². The third-order valence-electron chi connectivity index (χ3n) is 4.59. The molecule has 0 bridgehead atoms. The Morgan fingerprint density at radius 2 is 1.83 bits per heavy atom. The summed E-state index contributed by atoms with van der Waals surface area (Å²) in [4.78, 5) is 14.0. The summed E-state index contributed by atoms with van der Waals surface area (Å²) in [5, 5.41) is 5.51. The summed E-state index contributed by atoms with van der Waals surface area (Å²) in [6.45, 7) is 2.09. The minimum atomic E-state index is 0.902. The van der Waals surface area contributed by atoms with Gasteiger partial charge in [0.25, 0.3) is 0 Å². The minimum Gasteiger partial charge on any atom is -0.341 e. The Morgan fingerprint density at radius 3 is 2.67 bits per heavy atom. The van der Waals surface area contributed by atoms with Crippen LogP contribution in [0.1, 0.15) is 19.3 Å². The zero-order valence-corrected chi connectivity index (χ0v) is 14.0. The van der Waals surface area contributed by atoms with Gasteiger partial charge in [0.15, 0.2) is 5.65 Å². The predicted molar refractivity (Wildman–Crippen MR) is 97.7 cm³/mol. The lowest BCUT2D eigenvalue weighted by atomic mass is 10.1. The first kappa shape index (κ1) is 13.9. The van der Waals surface area contributed by atoms with Crippen molar-refractivity contribution in [3.63, 3.8) is 0 Å². The Hall–Kier alpha value is -2.47. The lowest BCUT2D eigenvalue weighted by molar-refractivity contribution is 0.563. The SMILES string of the molecule is c1ccc(-c2cc3c(nc(N4CCCCC4)n4ncnc34)s2)cc1. The normalized spacial score (nSPS) is 15.4. The van der Waals surface area contributed by atoms with Crippen LogP contribution in [0.3, 0.4) is 0 Å². The molecule has 0 N–H and O–H groups in total. The van der Waals surface area contributed by atoms with Gasteiger partial charge in [0.05, 0.1) is 5.39 Å². The van der Waals surface area contributed by atoms with E-state index >= 15 is 0 Å². The van der Waals surface area contributed by atoms with Crippen molar-refractivity contribution in [2.45, 2.75) is 19.3 Å². The second kappa shape index (κ2) is 5.56. The van der Waals surface area contributed by atoms with E-state index in [1.54, 1.807) is 17.7 Å². The highest BCUT2D eigenvalue weighted by atomic mass is 32.1. The van der Waals surface area contributed by atoms with Gasteiger partial charge in [0.2, 0.25) is 5.95 Å². The molecule has 1 saturated heterocycles. The van der Waals surface area contributed by atoms with Crippen molar-refractivity contribution in [1.29, 1.82) is 0 Å². The van der Waals surface area contributed by atoms with Gasteiger partial charge in [-0.2, -0.15) is 9.61 Å². The van der Waals surface area contributed by atoms with E-state index in [1.165, 1.54) is 29.7 Å².